The molecule has 2 aromatic rings. The van der Waals surface area contributed by atoms with E-state index in [-0.39, 0.29) is 11.1 Å². The van der Waals surface area contributed by atoms with Crippen molar-refractivity contribution in [1.82, 2.24) is 4.57 Å². The second kappa shape index (κ2) is 5.35. The summed E-state index contributed by atoms with van der Waals surface area (Å²) < 4.78 is 26.4. The maximum Gasteiger partial charge on any atom is 0.265 e. The van der Waals surface area contributed by atoms with Crippen LogP contribution in [-0.2, 0) is 0 Å². The third-order valence-electron chi connectivity index (χ3n) is 2.54. The van der Waals surface area contributed by atoms with Crippen LogP contribution in [0.3, 0.4) is 0 Å². The summed E-state index contributed by atoms with van der Waals surface area (Å²) in [4.78, 5) is 12.7. The quantitative estimate of drug-likeness (QED) is 0.794. The Morgan fingerprint density at radius 1 is 1.11 bits per heavy atom. The van der Waals surface area contributed by atoms with Gasteiger partial charge in [-0.1, -0.05) is 0 Å². The van der Waals surface area contributed by atoms with Crippen LogP contribution in [0.5, 0.6) is 0 Å². The highest BCUT2D eigenvalue weighted by Crippen LogP contribution is 2.19. The van der Waals surface area contributed by atoms with E-state index in [4.69, 9.17) is 0 Å². The van der Waals surface area contributed by atoms with Gasteiger partial charge in [0.15, 0.2) is 0 Å². The van der Waals surface area contributed by atoms with Crippen LogP contribution in [0.1, 0.15) is 12.0 Å². The minimum Gasteiger partial charge on any atom is -0.284 e. The molecule has 1 aromatic heterocycles. The first kappa shape index (κ1) is 12.8. The van der Waals surface area contributed by atoms with Crippen molar-refractivity contribution in [3.8, 4) is 5.69 Å². The van der Waals surface area contributed by atoms with Crippen molar-refractivity contribution in [1.29, 1.82) is 0 Å². The topological polar surface area (TPSA) is 22.0 Å². The number of aromatic nitrogens is 1. The molecule has 5 heteroatoms. The number of rotatable bonds is 3. The van der Waals surface area contributed by atoms with Gasteiger partial charge in [0.25, 0.3) is 12.0 Å². The molecule has 0 bridgehead atoms. The van der Waals surface area contributed by atoms with Crippen LogP contribution < -0.4 is 5.56 Å². The van der Waals surface area contributed by atoms with Crippen LogP contribution in [0.15, 0.2) is 52.3 Å². The van der Waals surface area contributed by atoms with Gasteiger partial charge in [-0.2, -0.15) is 0 Å². The first-order valence-electron chi connectivity index (χ1n) is 5.27. The number of thioether (sulfide) groups is 1. The monoisotopic (exact) mass is 267 g/mol. The van der Waals surface area contributed by atoms with E-state index in [1.807, 2.05) is 18.4 Å². The molecule has 1 heterocycles. The lowest BCUT2D eigenvalue weighted by atomic mass is 10.2. The summed E-state index contributed by atoms with van der Waals surface area (Å²) in [6, 6.07) is 9.48. The van der Waals surface area contributed by atoms with E-state index < -0.39 is 6.43 Å². The van der Waals surface area contributed by atoms with Gasteiger partial charge in [0.05, 0.1) is 0 Å². The van der Waals surface area contributed by atoms with Crippen molar-refractivity contribution in [2.24, 2.45) is 0 Å². The molecular formula is C13H11F2NOS. The number of nitrogens with zero attached hydrogens (tertiary/aromatic N) is 1. The van der Waals surface area contributed by atoms with E-state index in [0.29, 0.717) is 5.69 Å². The number of halogens is 2. The highest BCUT2D eigenvalue weighted by Gasteiger charge is 2.09. The van der Waals surface area contributed by atoms with Crippen molar-refractivity contribution in [3.05, 3.63) is 58.5 Å². The SMILES string of the molecule is CSc1ccc(-n2cc(C(F)F)ccc2=O)cc1. The fourth-order valence-electron chi connectivity index (χ4n) is 1.58. The van der Waals surface area contributed by atoms with Crippen LogP contribution >= 0.6 is 11.8 Å². The van der Waals surface area contributed by atoms with Crippen molar-refractivity contribution < 1.29 is 8.78 Å². The molecule has 2 rings (SSSR count). The van der Waals surface area contributed by atoms with Crippen molar-refractivity contribution in [2.75, 3.05) is 6.26 Å². The Balaban J connectivity index is 2.48. The van der Waals surface area contributed by atoms with Gasteiger partial charge in [-0.3, -0.25) is 9.36 Å². The molecule has 0 spiro atoms. The third kappa shape index (κ3) is 2.61. The van der Waals surface area contributed by atoms with Gasteiger partial charge in [0.2, 0.25) is 0 Å². The lowest BCUT2D eigenvalue weighted by Gasteiger charge is -2.08. The molecule has 18 heavy (non-hydrogen) atoms. The van der Waals surface area contributed by atoms with E-state index in [0.717, 1.165) is 17.0 Å². The zero-order chi connectivity index (χ0) is 13.1. The van der Waals surface area contributed by atoms with Gasteiger partial charge in [0, 0.05) is 28.4 Å². The molecule has 0 aliphatic heterocycles. The molecule has 0 atom stereocenters. The Morgan fingerprint density at radius 3 is 2.33 bits per heavy atom. The van der Waals surface area contributed by atoms with Gasteiger partial charge >= 0.3 is 0 Å². The highest BCUT2D eigenvalue weighted by atomic mass is 32.2. The lowest BCUT2D eigenvalue weighted by molar-refractivity contribution is 0.150. The maximum atomic E-state index is 12.6. The molecule has 0 radical (unpaired) electrons. The fourth-order valence-corrected chi connectivity index (χ4v) is 1.99. The summed E-state index contributed by atoms with van der Waals surface area (Å²) in [7, 11) is 0. The van der Waals surface area contributed by atoms with Gasteiger partial charge in [-0.25, -0.2) is 8.78 Å². The van der Waals surface area contributed by atoms with Crippen LogP contribution in [0.4, 0.5) is 8.78 Å². The zero-order valence-electron chi connectivity index (χ0n) is 9.64. The molecule has 0 saturated carbocycles. The molecule has 0 unspecified atom stereocenters. The van der Waals surface area contributed by atoms with Crippen LogP contribution in [0, 0.1) is 0 Å². The standard InChI is InChI=1S/C13H11F2NOS/c1-18-11-5-3-10(4-6-11)16-8-9(13(14)15)2-7-12(16)17/h2-8,13H,1H3. The summed E-state index contributed by atoms with van der Waals surface area (Å²) >= 11 is 1.58. The molecule has 0 amide bonds. The minimum atomic E-state index is -2.58. The predicted molar refractivity (Wildman–Crippen MR) is 68.8 cm³/mol. The second-order valence-corrected chi connectivity index (χ2v) is 4.55. The van der Waals surface area contributed by atoms with Gasteiger partial charge in [0.1, 0.15) is 0 Å². The van der Waals surface area contributed by atoms with Crippen molar-refractivity contribution >= 4 is 11.8 Å². The summed E-state index contributed by atoms with van der Waals surface area (Å²) in [6.07, 6.45) is 0.544. The number of hydrogen-bond donors (Lipinski definition) is 0. The summed E-state index contributed by atoms with van der Waals surface area (Å²) in [5.74, 6) is 0. The van der Waals surface area contributed by atoms with E-state index in [1.54, 1.807) is 23.9 Å². The smallest absolute Gasteiger partial charge is 0.265 e. The average molecular weight is 267 g/mol. The molecule has 0 aliphatic carbocycles. The summed E-state index contributed by atoms with van der Waals surface area (Å²) in [5.41, 5.74) is 0.0974. The van der Waals surface area contributed by atoms with Gasteiger partial charge < -0.3 is 0 Å². The fraction of sp³-hybridized carbons (Fsp3) is 0.154. The van der Waals surface area contributed by atoms with E-state index >= 15 is 0 Å². The van der Waals surface area contributed by atoms with Crippen LogP contribution in [0.2, 0.25) is 0 Å². The third-order valence-corrected chi connectivity index (χ3v) is 3.28. The Kier molecular flexibility index (Phi) is 3.81. The first-order valence-corrected chi connectivity index (χ1v) is 6.49. The van der Waals surface area contributed by atoms with E-state index in [1.165, 1.54) is 10.8 Å². The number of pyridine rings is 1. The molecule has 0 saturated heterocycles. The van der Waals surface area contributed by atoms with E-state index in [9.17, 15) is 13.6 Å². The first-order chi connectivity index (χ1) is 8.61. The van der Waals surface area contributed by atoms with Gasteiger partial charge in [-0.15, -0.1) is 11.8 Å². The molecule has 0 fully saturated rings. The zero-order valence-corrected chi connectivity index (χ0v) is 10.5. The van der Waals surface area contributed by atoms with Crippen molar-refractivity contribution in [3.63, 3.8) is 0 Å². The van der Waals surface area contributed by atoms with E-state index in [2.05, 4.69) is 0 Å². The Labute approximate surface area is 107 Å². The Hall–Kier alpha value is -1.62. The Morgan fingerprint density at radius 2 is 1.78 bits per heavy atom. The molecule has 0 N–H and O–H groups in total. The lowest BCUT2D eigenvalue weighted by Crippen LogP contribution is -2.17. The largest absolute Gasteiger partial charge is 0.284 e. The number of hydrogen-bond acceptors (Lipinski definition) is 2. The second-order valence-electron chi connectivity index (χ2n) is 3.67. The van der Waals surface area contributed by atoms with Crippen molar-refractivity contribution in [2.45, 2.75) is 11.3 Å². The maximum absolute atomic E-state index is 12.6. The van der Waals surface area contributed by atoms with Crippen LogP contribution in [-0.4, -0.2) is 10.8 Å². The highest BCUT2D eigenvalue weighted by molar-refractivity contribution is 7.98. The molecular weight excluding hydrogens is 256 g/mol. The number of alkyl halides is 2. The Bertz CT molecular complexity index is 593. The summed E-state index contributed by atoms with van der Waals surface area (Å²) in [6.45, 7) is 0. The van der Waals surface area contributed by atoms with Crippen LogP contribution in [0.25, 0.3) is 5.69 Å². The molecule has 1 aromatic carbocycles. The predicted octanol–water partition coefficient (Wildman–Crippen LogP) is 3.50. The molecule has 2 nitrogen and oxygen atoms in total. The average Bonchev–Trinajstić information content (AvgIpc) is 2.39. The number of benzene rings is 1. The minimum absolute atomic E-state index is 0.163. The normalized spacial score (nSPS) is 10.9. The molecule has 0 aliphatic rings. The summed E-state index contributed by atoms with van der Waals surface area (Å²) in [5, 5.41) is 0. The molecule has 94 valence electrons. The van der Waals surface area contributed by atoms with Gasteiger partial charge in [-0.05, 0) is 36.6 Å².